The van der Waals surface area contributed by atoms with Crippen LogP contribution in [-0.2, 0) is 0 Å². The molecule has 0 bridgehead atoms. The fourth-order valence-electron chi connectivity index (χ4n) is 0.427. The fraction of sp³-hybridized carbons (Fsp3) is 1.00. The second-order valence-electron chi connectivity index (χ2n) is 1.71. The van der Waals surface area contributed by atoms with Gasteiger partial charge in [0.05, 0.1) is 0 Å². The molecular formula is C5H14N2O. The van der Waals surface area contributed by atoms with Gasteiger partial charge in [0.1, 0.15) is 6.23 Å². The van der Waals surface area contributed by atoms with Crippen molar-refractivity contribution in [3.8, 4) is 0 Å². The largest absolute Gasteiger partial charge is 0.379 e. The topological polar surface area (TPSA) is 58.3 Å². The maximum absolute atomic E-state index is 8.52. The lowest BCUT2D eigenvalue weighted by molar-refractivity contribution is 0.172. The summed E-state index contributed by atoms with van der Waals surface area (Å²) in [5.41, 5.74) is 5.05. The van der Waals surface area contributed by atoms with E-state index in [1.54, 1.807) is 0 Å². The summed E-state index contributed by atoms with van der Waals surface area (Å²) < 4.78 is 0. The average Bonchev–Trinajstić information content (AvgIpc) is 1.66. The van der Waals surface area contributed by atoms with Crippen LogP contribution in [0, 0.1) is 0 Å². The lowest BCUT2D eigenvalue weighted by atomic mass is 10.4. The number of aliphatic hydroxyl groups is 1. The first-order chi connectivity index (χ1) is 3.77. The third-order valence-corrected chi connectivity index (χ3v) is 0.867. The van der Waals surface area contributed by atoms with Crippen LogP contribution in [0.25, 0.3) is 0 Å². The Bertz CT molecular complexity index is 47.7. The van der Waals surface area contributed by atoms with Crippen LogP contribution in [0.1, 0.15) is 13.3 Å². The number of nitrogens with one attached hydrogen (secondary N) is 1. The predicted molar refractivity (Wildman–Crippen MR) is 33.4 cm³/mol. The molecule has 0 aromatic heterocycles. The minimum atomic E-state index is -0.658. The molecule has 0 saturated heterocycles. The van der Waals surface area contributed by atoms with Gasteiger partial charge in [0.2, 0.25) is 0 Å². The first kappa shape index (κ1) is 7.88. The summed E-state index contributed by atoms with van der Waals surface area (Å²) in [5, 5.41) is 11.6. The van der Waals surface area contributed by atoms with E-state index >= 15 is 0 Å². The van der Waals surface area contributed by atoms with Crippen molar-refractivity contribution in [1.82, 2.24) is 5.32 Å². The summed E-state index contributed by atoms with van der Waals surface area (Å²) in [6.45, 7) is 3.75. The van der Waals surface area contributed by atoms with Crippen molar-refractivity contribution in [2.24, 2.45) is 5.73 Å². The summed E-state index contributed by atoms with van der Waals surface area (Å²) in [7, 11) is 0. The minimum absolute atomic E-state index is 0.633. The van der Waals surface area contributed by atoms with Crippen LogP contribution in [-0.4, -0.2) is 24.4 Å². The first-order valence-electron chi connectivity index (χ1n) is 2.91. The van der Waals surface area contributed by atoms with Crippen LogP contribution in [0.4, 0.5) is 0 Å². The molecule has 1 unspecified atom stereocenters. The number of hydrogen-bond donors (Lipinski definition) is 3. The van der Waals surface area contributed by atoms with Gasteiger partial charge in [-0.3, -0.25) is 0 Å². The Morgan fingerprint density at radius 1 is 1.75 bits per heavy atom. The second kappa shape index (κ2) is 5.03. The molecular weight excluding hydrogens is 104 g/mol. The van der Waals surface area contributed by atoms with Gasteiger partial charge in [-0.05, 0) is 19.5 Å². The molecule has 0 spiro atoms. The van der Waals surface area contributed by atoms with E-state index in [0.29, 0.717) is 6.42 Å². The highest BCUT2D eigenvalue weighted by Crippen LogP contribution is 1.76. The van der Waals surface area contributed by atoms with Crippen LogP contribution < -0.4 is 11.1 Å². The molecule has 0 radical (unpaired) electrons. The summed E-state index contributed by atoms with van der Waals surface area (Å²) in [6.07, 6.45) is -0.0255. The Labute approximate surface area is 49.9 Å². The Balaban J connectivity index is 2.72. The Hall–Kier alpha value is -0.120. The molecule has 3 nitrogen and oxygen atoms in total. The molecule has 0 heterocycles. The van der Waals surface area contributed by atoms with E-state index in [4.69, 9.17) is 10.8 Å². The van der Waals surface area contributed by atoms with Crippen molar-refractivity contribution in [2.75, 3.05) is 13.1 Å². The molecule has 1 atom stereocenters. The Morgan fingerprint density at radius 3 is 2.75 bits per heavy atom. The van der Waals surface area contributed by atoms with E-state index in [0.717, 1.165) is 13.1 Å². The van der Waals surface area contributed by atoms with Gasteiger partial charge in [0.15, 0.2) is 0 Å². The van der Waals surface area contributed by atoms with Gasteiger partial charge < -0.3 is 16.2 Å². The maximum atomic E-state index is 8.52. The Morgan fingerprint density at radius 2 is 2.38 bits per heavy atom. The van der Waals surface area contributed by atoms with E-state index in [9.17, 15) is 0 Å². The molecule has 4 N–H and O–H groups in total. The van der Waals surface area contributed by atoms with Crippen molar-refractivity contribution in [2.45, 2.75) is 19.6 Å². The summed E-state index contributed by atoms with van der Waals surface area (Å²) in [5.74, 6) is 0. The van der Waals surface area contributed by atoms with Gasteiger partial charge in [-0.2, -0.15) is 0 Å². The van der Waals surface area contributed by atoms with Gasteiger partial charge in [-0.25, -0.2) is 0 Å². The molecule has 0 aliphatic carbocycles. The summed E-state index contributed by atoms with van der Waals surface area (Å²) >= 11 is 0. The normalized spacial score (nSPS) is 13.9. The van der Waals surface area contributed by atoms with E-state index in [-0.39, 0.29) is 0 Å². The van der Waals surface area contributed by atoms with Crippen molar-refractivity contribution in [3.05, 3.63) is 0 Å². The SMILES string of the molecule is CCNCCC(N)O. The predicted octanol–water partition coefficient (Wildman–Crippen LogP) is -0.737. The van der Waals surface area contributed by atoms with Gasteiger partial charge in [0.25, 0.3) is 0 Å². The van der Waals surface area contributed by atoms with Gasteiger partial charge in [0, 0.05) is 0 Å². The third kappa shape index (κ3) is 5.88. The van der Waals surface area contributed by atoms with Crippen LogP contribution >= 0.6 is 0 Å². The van der Waals surface area contributed by atoms with E-state index in [1.165, 1.54) is 0 Å². The number of hydrogen-bond acceptors (Lipinski definition) is 3. The molecule has 0 aliphatic rings. The highest BCUT2D eigenvalue weighted by atomic mass is 16.3. The first-order valence-corrected chi connectivity index (χ1v) is 2.91. The second-order valence-corrected chi connectivity index (χ2v) is 1.71. The van der Waals surface area contributed by atoms with Crippen molar-refractivity contribution >= 4 is 0 Å². The lowest BCUT2D eigenvalue weighted by Crippen LogP contribution is -2.25. The fourth-order valence-corrected chi connectivity index (χ4v) is 0.427. The van der Waals surface area contributed by atoms with Crippen LogP contribution in [0.15, 0.2) is 0 Å². The zero-order chi connectivity index (χ0) is 6.41. The van der Waals surface area contributed by atoms with Crippen LogP contribution in [0.5, 0.6) is 0 Å². The van der Waals surface area contributed by atoms with Crippen molar-refractivity contribution in [1.29, 1.82) is 0 Å². The number of aliphatic hydroxyl groups excluding tert-OH is 1. The van der Waals surface area contributed by atoms with Crippen molar-refractivity contribution < 1.29 is 5.11 Å². The highest BCUT2D eigenvalue weighted by molar-refractivity contribution is 4.47. The minimum Gasteiger partial charge on any atom is -0.379 e. The molecule has 50 valence electrons. The van der Waals surface area contributed by atoms with E-state index < -0.39 is 6.23 Å². The highest BCUT2D eigenvalue weighted by Gasteiger charge is 1.91. The molecule has 3 heteroatoms. The average molecular weight is 118 g/mol. The van der Waals surface area contributed by atoms with Crippen molar-refractivity contribution in [3.63, 3.8) is 0 Å². The van der Waals surface area contributed by atoms with E-state index in [2.05, 4.69) is 5.32 Å². The summed E-state index contributed by atoms with van der Waals surface area (Å²) in [4.78, 5) is 0. The zero-order valence-corrected chi connectivity index (χ0v) is 5.22. The monoisotopic (exact) mass is 118 g/mol. The lowest BCUT2D eigenvalue weighted by Gasteiger charge is -2.02. The van der Waals surface area contributed by atoms with E-state index in [1.807, 2.05) is 6.92 Å². The smallest absolute Gasteiger partial charge is 0.103 e. The standard InChI is InChI=1S/C5H14N2O/c1-2-7-4-3-5(6)8/h5,7-8H,2-4,6H2,1H3. The van der Waals surface area contributed by atoms with Gasteiger partial charge >= 0.3 is 0 Å². The molecule has 0 saturated carbocycles. The maximum Gasteiger partial charge on any atom is 0.103 e. The molecule has 0 amide bonds. The zero-order valence-electron chi connectivity index (χ0n) is 5.22. The van der Waals surface area contributed by atoms with Crippen LogP contribution in [0.2, 0.25) is 0 Å². The molecule has 8 heavy (non-hydrogen) atoms. The number of rotatable bonds is 4. The molecule has 0 aromatic carbocycles. The Kier molecular flexibility index (Phi) is 4.95. The molecule has 0 fully saturated rings. The molecule has 0 rings (SSSR count). The summed E-state index contributed by atoms with van der Waals surface area (Å²) in [6, 6.07) is 0. The van der Waals surface area contributed by atoms with Crippen LogP contribution in [0.3, 0.4) is 0 Å². The molecule has 0 aromatic rings. The third-order valence-electron chi connectivity index (χ3n) is 0.867. The quantitative estimate of drug-likeness (QED) is 0.337. The molecule has 0 aliphatic heterocycles. The van der Waals surface area contributed by atoms with Gasteiger partial charge in [-0.15, -0.1) is 0 Å². The van der Waals surface area contributed by atoms with Gasteiger partial charge in [-0.1, -0.05) is 6.92 Å². The number of nitrogens with two attached hydrogens (primary N) is 1.